The van der Waals surface area contributed by atoms with Crippen LogP contribution in [0.3, 0.4) is 0 Å². The number of fused-ring (bicyclic) bond motifs is 3. The molecule has 3 aromatic heterocycles. The van der Waals surface area contributed by atoms with Crippen molar-refractivity contribution in [2.24, 2.45) is 0 Å². The smallest absolute Gasteiger partial charge is 0.164 e. The van der Waals surface area contributed by atoms with Gasteiger partial charge in [-0.1, -0.05) is 170 Å². The van der Waals surface area contributed by atoms with Gasteiger partial charge in [0.05, 0.1) is 16.7 Å². The summed E-state index contributed by atoms with van der Waals surface area (Å²) in [6.07, 6.45) is 0. The molecule has 0 saturated carbocycles. The normalized spacial score (nSPS) is 11.3. The Labute approximate surface area is 318 Å². The number of aromatic nitrogens is 6. The van der Waals surface area contributed by atoms with Crippen LogP contribution in [0.5, 0.6) is 0 Å². The molecular weight excluding hydrogens is 673 g/mol. The largest absolute Gasteiger partial charge is 0.306 e. The van der Waals surface area contributed by atoms with Crippen LogP contribution in [0, 0.1) is 0 Å². The van der Waals surface area contributed by atoms with Gasteiger partial charge in [-0.2, -0.15) is 0 Å². The third kappa shape index (κ3) is 6.02. The third-order valence-electron chi connectivity index (χ3n) is 9.87. The summed E-state index contributed by atoms with van der Waals surface area (Å²) in [6.45, 7) is 0. The van der Waals surface area contributed by atoms with Crippen LogP contribution in [-0.4, -0.2) is 29.5 Å². The third-order valence-corrected chi connectivity index (χ3v) is 9.87. The van der Waals surface area contributed by atoms with Crippen molar-refractivity contribution >= 4 is 21.9 Å². The number of benzene rings is 7. The van der Waals surface area contributed by atoms with Gasteiger partial charge >= 0.3 is 0 Å². The monoisotopic (exact) mass is 704 g/mol. The molecule has 10 aromatic rings. The first kappa shape index (κ1) is 32.1. The molecule has 55 heavy (non-hydrogen) atoms. The highest BCUT2D eigenvalue weighted by atomic mass is 15.0. The maximum absolute atomic E-state index is 5.32. The molecule has 0 spiro atoms. The van der Waals surface area contributed by atoms with Crippen molar-refractivity contribution in [2.75, 3.05) is 0 Å². The molecule has 7 aromatic carbocycles. The van der Waals surface area contributed by atoms with Gasteiger partial charge in [0.2, 0.25) is 0 Å². The zero-order chi connectivity index (χ0) is 36.6. The molecule has 0 aliphatic heterocycles. The average molecular weight is 705 g/mol. The van der Waals surface area contributed by atoms with Gasteiger partial charge in [-0.25, -0.2) is 24.9 Å². The number of nitrogens with zero attached hydrogens (tertiary/aromatic N) is 6. The lowest BCUT2D eigenvalue weighted by Crippen LogP contribution is -2.00. The average Bonchev–Trinajstić information content (AvgIpc) is 3.61. The van der Waals surface area contributed by atoms with Crippen molar-refractivity contribution in [3.05, 3.63) is 194 Å². The van der Waals surface area contributed by atoms with Gasteiger partial charge in [0.25, 0.3) is 0 Å². The van der Waals surface area contributed by atoms with Crippen molar-refractivity contribution in [3.63, 3.8) is 0 Å². The molecule has 0 N–H and O–H groups in total. The second-order valence-corrected chi connectivity index (χ2v) is 13.3. The fourth-order valence-electron chi connectivity index (χ4n) is 7.20. The van der Waals surface area contributed by atoms with E-state index in [0.717, 1.165) is 72.3 Å². The number of rotatable bonds is 7. The summed E-state index contributed by atoms with van der Waals surface area (Å²) in [4.78, 5) is 25.3. The predicted octanol–water partition coefficient (Wildman–Crippen LogP) is 11.8. The zero-order valence-corrected chi connectivity index (χ0v) is 29.7. The Morgan fingerprint density at radius 2 is 0.764 bits per heavy atom. The first-order valence-electron chi connectivity index (χ1n) is 18.3. The van der Waals surface area contributed by atoms with Crippen LogP contribution >= 0.6 is 0 Å². The molecule has 0 bridgehead atoms. The molecule has 0 atom stereocenters. The van der Waals surface area contributed by atoms with E-state index < -0.39 is 0 Å². The van der Waals surface area contributed by atoms with Crippen molar-refractivity contribution < 1.29 is 0 Å². The van der Waals surface area contributed by atoms with Crippen molar-refractivity contribution in [2.45, 2.75) is 0 Å². The van der Waals surface area contributed by atoms with Crippen molar-refractivity contribution in [1.29, 1.82) is 0 Å². The van der Waals surface area contributed by atoms with Gasteiger partial charge in [-0.3, -0.25) is 0 Å². The van der Waals surface area contributed by atoms with E-state index in [0.29, 0.717) is 23.3 Å². The van der Waals surface area contributed by atoms with E-state index in [2.05, 4.69) is 126 Å². The van der Waals surface area contributed by atoms with E-state index in [1.807, 2.05) is 72.8 Å². The van der Waals surface area contributed by atoms with E-state index in [-0.39, 0.29) is 0 Å². The maximum Gasteiger partial charge on any atom is 0.164 e. The van der Waals surface area contributed by atoms with Crippen molar-refractivity contribution in [3.8, 4) is 73.6 Å². The van der Waals surface area contributed by atoms with Crippen LogP contribution < -0.4 is 0 Å². The lowest BCUT2D eigenvalue weighted by Gasteiger charge is -2.12. The molecule has 0 aliphatic carbocycles. The summed E-state index contributed by atoms with van der Waals surface area (Å²) < 4.78 is 2.28. The van der Waals surface area contributed by atoms with Gasteiger partial charge in [-0.15, -0.1) is 0 Å². The summed E-state index contributed by atoms with van der Waals surface area (Å²) in [6, 6.07) is 66.2. The molecule has 0 aliphatic rings. The van der Waals surface area contributed by atoms with E-state index in [1.54, 1.807) is 0 Å². The van der Waals surface area contributed by atoms with Gasteiger partial charge in [0.15, 0.2) is 23.3 Å². The number of hydrogen-bond donors (Lipinski definition) is 0. The molecule has 0 unspecified atom stereocenters. The van der Waals surface area contributed by atoms with Crippen LogP contribution in [0.25, 0.3) is 95.6 Å². The second kappa shape index (κ2) is 13.8. The lowest BCUT2D eigenvalue weighted by molar-refractivity contribution is 1.07. The van der Waals surface area contributed by atoms with Crippen LogP contribution in [-0.2, 0) is 0 Å². The standard InChI is InChI=1S/C49H32N6/c1-5-16-34(17-6-1)43-45-44(41-26-13-14-27-42(41)55(45)40-24-11-4-12-25-40)51-49(50-43)39-23-15-22-38(32-39)33-28-30-37(31-29-33)48-53-46(35-18-7-2-8-19-35)52-47(54-48)36-20-9-3-10-21-36/h1-32H. The zero-order valence-electron chi connectivity index (χ0n) is 29.7. The minimum absolute atomic E-state index is 0.623. The summed E-state index contributed by atoms with van der Waals surface area (Å²) in [5.41, 5.74) is 11.8. The molecule has 0 radical (unpaired) electrons. The van der Waals surface area contributed by atoms with E-state index >= 15 is 0 Å². The van der Waals surface area contributed by atoms with Gasteiger partial charge in [0.1, 0.15) is 5.52 Å². The Kier molecular flexibility index (Phi) is 8.04. The highest BCUT2D eigenvalue weighted by Gasteiger charge is 2.21. The van der Waals surface area contributed by atoms with Crippen molar-refractivity contribution in [1.82, 2.24) is 29.5 Å². The quantitative estimate of drug-likeness (QED) is 0.165. The first-order valence-corrected chi connectivity index (χ1v) is 18.3. The number of hydrogen-bond acceptors (Lipinski definition) is 5. The Hall–Kier alpha value is -7.57. The highest BCUT2D eigenvalue weighted by Crippen LogP contribution is 2.38. The summed E-state index contributed by atoms with van der Waals surface area (Å²) in [5, 5.41) is 1.08. The highest BCUT2D eigenvalue weighted by molar-refractivity contribution is 6.11. The molecule has 10 rings (SSSR count). The fourth-order valence-corrected chi connectivity index (χ4v) is 7.20. The minimum atomic E-state index is 0.623. The molecule has 6 nitrogen and oxygen atoms in total. The summed E-state index contributed by atoms with van der Waals surface area (Å²) >= 11 is 0. The fraction of sp³-hybridized carbons (Fsp3) is 0. The Morgan fingerprint density at radius 3 is 1.38 bits per heavy atom. The van der Waals surface area contributed by atoms with E-state index in [4.69, 9.17) is 24.9 Å². The summed E-state index contributed by atoms with van der Waals surface area (Å²) in [7, 11) is 0. The molecule has 0 amide bonds. The molecule has 258 valence electrons. The van der Waals surface area contributed by atoms with Crippen LogP contribution in [0.2, 0.25) is 0 Å². The second-order valence-electron chi connectivity index (χ2n) is 13.3. The molecule has 0 fully saturated rings. The predicted molar refractivity (Wildman–Crippen MR) is 222 cm³/mol. The first-order chi connectivity index (χ1) is 27.3. The Morgan fingerprint density at radius 1 is 0.309 bits per heavy atom. The van der Waals surface area contributed by atoms with E-state index in [1.165, 1.54) is 0 Å². The van der Waals surface area contributed by atoms with E-state index in [9.17, 15) is 0 Å². The molecule has 6 heteroatoms. The Bertz CT molecular complexity index is 2890. The molecule has 3 heterocycles. The Balaban J connectivity index is 1.07. The molecular formula is C49H32N6. The SMILES string of the molecule is c1ccc(-c2nc(-c3ccccc3)nc(-c3ccc(-c4cccc(-c5nc(-c6ccccc6)c6c(n5)c5ccccc5n6-c5ccccc5)c4)cc3)n2)cc1. The number of para-hydroxylation sites is 2. The van der Waals surface area contributed by atoms with Crippen LogP contribution in [0.15, 0.2) is 194 Å². The van der Waals surface area contributed by atoms with Gasteiger partial charge < -0.3 is 4.57 Å². The summed E-state index contributed by atoms with van der Waals surface area (Å²) in [5.74, 6) is 2.57. The minimum Gasteiger partial charge on any atom is -0.306 e. The van der Waals surface area contributed by atoms with Gasteiger partial charge in [-0.05, 0) is 35.4 Å². The maximum atomic E-state index is 5.32. The van der Waals surface area contributed by atoms with Crippen LogP contribution in [0.4, 0.5) is 0 Å². The topological polar surface area (TPSA) is 69.4 Å². The lowest BCUT2D eigenvalue weighted by atomic mass is 10.0. The van der Waals surface area contributed by atoms with Crippen LogP contribution in [0.1, 0.15) is 0 Å². The van der Waals surface area contributed by atoms with Gasteiger partial charge in [0, 0.05) is 38.9 Å². The molecule has 0 saturated heterocycles.